The Hall–Kier alpha value is -0.710. The molecule has 0 radical (unpaired) electrons. The molecule has 1 heterocycles. The van der Waals surface area contributed by atoms with Crippen molar-refractivity contribution >= 4 is 5.91 Å². The normalized spacial score (nSPS) is 28.6. The first-order valence-corrected chi connectivity index (χ1v) is 4.83. The van der Waals surface area contributed by atoms with Gasteiger partial charge in [-0.05, 0) is 26.3 Å². The lowest BCUT2D eigenvalue weighted by molar-refractivity contribution is -0.144. The summed E-state index contributed by atoms with van der Waals surface area (Å²) in [6.07, 6.45) is 1.67. The molecule has 5 heteroatoms. The van der Waals surface area contributed by atoms with Crippen LogP contribution >= 0.6 is 0 Å². The minimum absolute atomic E-state index is 0.0649. The average molecular weight is 206 g/mol. The quantitative estimate of drug-likeness (QED) is 0.704. The fourth-order valence-electron chi connectivity index (χ4n) is 1.54. The average Bonchev–Trinajstić information content (AvgIpc) is 2.07. The second-order valence-corrected chi connectivity index (χ2v) is 3.85. The molecule has 0 unspecified atom stereocenters. The zero-order valence-electron chi connectivity index (χ0n) is 8.44. The van der Waals surface area contributed by atoms with E-state index in [0.717, 1.165) is 19.4 Å². The topological polar surface area (TPSA) is 41.1 Å². The van der Waals surface area contributed by atoms with Crippen molar-refractivity contribution in [1.29, 1.82) is 0 Å². The number of alkyl halides is 2. The van der Waals surface area contributed by atoms with Crippen LogP contribution < -0.4 is 10.6 Å². The van der Waals surface area contributed by atoms with E-state index in [4.69, 9.17) is 0 Å². The van der Waals surface area contributed by atoms with Crippen molar-refractivity contribution in [3.8, 4) is 0 Å². The van der Waals surface area contributed by atoms with Gasteiger partial charge in [-0.25, -0.2) is 0 Å². The predicted octanol–water partition coefficient (Wildman–Crippen LogP) is 0.898. The largest absolute Gasteiger partial charge is 0.347 e. The van der Waals surface area contributed by atoms with Crippen LogP contribution in [0.2, 0.25) is 0 Å². The Balaban J connectivity index is 2.46. The maximum atomic E-state index is 12.6. The molecule has 14 heavy (non-hydrogen) atoms. The van der Waals surface area contributed by atoms with Crippen molar-refractivity contribution in [2.24, 2.45) is 0 Å². The fraction of sp³-hybridized carbons (Fsp3) is 0.889. The number of nitrogens with one attached hydrogen (secondary N) is 2. The Bertz CT molecular complexity index is 215. The summed E-state index contributed by atoms with van der Waals surface area (Å²) < 4.78 is 25.1. The van der Waals surface area contributed by atoms with Gasteiger partial charge in [0.25, 0.3) is 5.91 Å². The predicted molar refractivity (Wildman–Crippen MR) is 49.3 cm³/mol. The van der Waals surface area contributed by atoms with Crippen molar-refractivity contribution in [3.05, 3.63) is 0 Å². The number of carbonyl (C=O) groups excluding carboxylic acids is 1. The summed E-state index contributed by atoms with van der Waals surface area (Å²) >= 11 is 0. The molecule has 0 spiro atoms. The van der Waals surface area contributed by atoms with Gasteiger partial charge in [-0.15, -0.1) is 0 Å². The Kier molecular flexibility index (Phi) is 3.42. The minimum atomic E-state index is -3.28. The smallest absolute Gasteiger partial charge is 0.321 e. The van der Waals surface area contributed by atoms with Crippen LogP contribution in [0.1, 0.15) is 26.7 Å². The number of piperidine rings is 1. The third kappa shape index (κ3) is 2.90. The van der Waals surface area contributed by atoms with E-state index in [1.54, 1.807) is 0 Å². The molecule has 3 nitrogen and oxygen atoms in total. The lowest BCUT2D eigenvalue weighted by Crippen LogP contribution is -2.54. The Labute approximate surface area is 82.2 Å². The summed E-state index contributed by atoms with van der Waals surface area (Å²) in [5.74, 6) is -4.46. The van der Waals surface area contributed by atoms with Crippen molar-refractivity contribution in [2.45, 2.75) is 44.7 Å². The Morgan fingerprint density at radius 2 is 2.21 bits per heavy atom. The lowest BCUT2D eigenvalue weighted by Gasteiger charge is -2.31. The molecular formula is C9H16F2N2O. The van der Waals surface area contributed by atoms with Crippen LogP contribution in [0, 0.1) is 0 Å². The lowest BCUT2D eigenvalue weighted by atomic mass is 10.00. The molecule has 1 amide bonds. The number of hydrogen-bond acceptors (Lipinski definition) is 2. The first-order valence-electron chi connectivity index (χ1n) is 4.83. The monoisotopic (exact) mass is 206 g/mol. The summed E-state index contributed by atoms with van der Waals surface area (Å²) in [7, 11) is 0. The molecule has 0 aromatic rings. The highest BCUT2D eigenvalue weighted by molar-refractivity contribution is 5.83. The SMILES string of the molecule is C[C@@H]1NCCC[C@@H]1NC(=O)C(C)(F)F. The second-order valence-electron chi connectivity index (χ2n) is 3.85. The molecule has 1 aliphatic rings. The molecule has 1 saturated heterocycles. The van der Waals surface area contributed by atoms with Crippen LogP contribution in [-0.4, -0.2) is 30.5 Å². The van der Waals surface area contributed by atoms with Crippen LogP contribution in [0.25, 0.3) is 0 Å². The number of halogens is 2. The van der Waals surface area contributed by atoms with Crippen LogP contribution in [0.4, 0.5) is 8.78 Å². The Morgan fingerprint density at radius 1 is 1.57 bits per heavy atom. The van der Waals surface area contributed by atoms with Crippen LogP contribution in [-0.2, 0) is 4.79 Å². The van der Waals surface area contributed by atoms with Gasteiger partial charge in [0, 0.05) is 19.0 Å². The molecular weight excluding hydrogens is 190 g/mol. The van der Waals surface area contributed by atoms with Gasteiger partial charge in [0.05, 0.1) is 0 Å². The van der Waals surface area contributed by atoms with Crippen LogP contribution in [0.5, 0.6) is 0 Å². The van der Waals surface area contributed by atoms with Gasteiger partial charge in [-0.1, -0.05) is 0 Å². The molecule has 82 valence electrons. The van der Waals surface area contributed by atoms with E-state index < -0.39 is 11.8 Å². The highest BCUT2D eigenvalue weighted by Crippen LogP contribution is 2.14. The first-order chi connectivity index (χ1) is 6.41. The second kappa shape index (κ2) is 4.21. The molecule has 1 fully saturated rings. The summed E-state index contributed by atoms with van der Waals surface area (Å²) in [6, 6.07) is -0.114. The van der Waals surface area contributed by atoms with E-state index in [1.165, 1.54) is 0 Å². The summed E-state index contributed by atoms with van der Waals surface area (Å²) in [6.45, 7) is 3.39. The van der Waals surface area contributed by atoms with Gasteiger partial charge >= 0.3 is 5.92 Å². The van der Waals surface area contributed by atoms with Crippen molar-refractivity contribution in [2.75, 3.05) is 6.54 Å². The molecule has 0 saturated carbocycles. The van der Waals surface area contributed by atoms with E-state index in [1.807, 2.05) is 6.92 Å². The molecule has 0 aromatic carbocycles. The molecule has 0 aromatic heterocycles. The molecule has 2 atom stereocenters. The van der Waals surface area contributed by atoms with Gasteiger partial charge in [0.1, 0.15) is 0 Å². The number of hydrogen-bond donors (Lipinski definition) is 2. The summed E-state index contributed by atoms with van der Waals surface area (Å²) in [5, 5.41) is 5.49. The Morgan fingerprint density at radius 3 is 2.71 bits per heavy atom. The minimum Gasteiger partial charge on any atom is -0.347 e. The maximum Gasteiger partial charge on any atom is 0.321 e. The van der Waals surface area contributed by atoms with E-state index >= 15 is 0 Å². The van der Waals surface area contributed by atoms with E-state index in [-0.39, 0.29) is 12.1 Å². The summed E-state index contributed by atoms with van der Waals surface area (Å²) in [4.78, 5) is 11.0. The molecule has 1 aliphatic heterocycles. The van der Waals surface area contributed by atoms with Crippen LogP contribution in [0.3, 0.4) is 0 Å². The highest BCUT2D eigenvalue weighted by atomic mass is 19.3. The maximum absolute atomic E-state index is 12.6. The van der Waals surface area contributed by atoms with Gasteiger partial charge in [-0.2, -0.15) is 8.78 Å². The molecule has 1 rings (SSSR count). The van der Waals surface area contributed by atoms with Gasteiger partial charge < -0.3 is 10.6 Å². The van der Waals surface area contributed by atoms with Gasteiger partial charge in [0.15, 0.2) is 0 Å². The first kappa shape index (κ1) is 11.4. The summed E-state index contributed by atoms with van der Waals surface area (Å²) in [5.41, 5.74) is 0. The van der Waals surface area contributed by atoms with E-state index in [2.05, 4.69) is 10.6 Å². The van der Waals surface area contributed by atoms with Crippen LogP contribution in [0.15, 0.2) is 0 Å². The van der Waals surface area contributed by atoms with Crippen molar-refractivity contribution < 1.29 is 13.6 Å². The van der Waals surface area contributed by atoms with Gasteiger partial charge in [-0.3, -0.25) is 4.79 Å². The zero-order valence-corrected chi connectivity index (χ0v) is 8.44. The third-order valence-electron chi connectivity index (χ3n) is 2.48. The number of amides is 1. The molecule has 0 aliphatic carbocycles. The molecule has 2 N–H and O–H groups in total. The van der Waals surface area contributed by atoms with Crippen molar-refractivity contribution in [3.63, 3.8) is 0 Å². The van der Waals surface area contributed by atoms with E-state index in [0.29, 0.717) is 6.92 Å². The number of carbonyl (C=O) groups is 1. The number of rotatable bonds is 2. The fourth-order valence-corrected chi connectivity index (χ4v) is 1.54. The highest BCUT2D eigenvalue weighted by Gasteiger charge is 2.35. The molecule has 0 bridgehead atoms. The van der Waals surface area contributed by atoms with Gasteiger partial charge in [0.2, 0.25) is 0 Å². The van der Waals surface area contributed by atoms with E-state index in [9.17, 15) is 13.6 Å². The van der Waals surface area contributed by atoms with Crippen molar-refractivity contribution in [1.82, 2.24) is 10.6 Å². The standard InChI is InChI=1S/C9H16F2N2O/c1-6-7(4-3-5-12-6)13-8(14)9(2,10)11/h6-7,12H,3-5H2,1-2H3,(H,13,14)/t6-,7-/m0/s1. The zero-order chi connectivity index (χ0) is 10.8. The third-order valence-corrected chi connectivity index (χ3v) is 2.48.